The Labute approximate surface area is 137 Å². The number of hydrogen-bond acceptors (Lipinski definition) is 4. The summed E-state index contributed by atoms with van der Waals surface area (Å²) in [5.41, 5.74) is 1.01. The lowest BCUT2D eigenvalue weighted by Crippen LogP contribution is -2.47. The van der Waals surface area contributed by atoms with Gasteiger partial charge >= 0.3 is 5.97 Å². The van der Waals surface area contributed by atoms with Crippen LogP contribution in [0.4, 0.5) is 0 Å². The van der Waals surface area contributed by atoms with E-state index in [1.54, 1.807) is 0 Å². The van der Waals surface area contributed by atoms with Gasteiger partial charge in [-0.05, 0) is 12.6 Å². The summed E-state index contributed by atoms with van der Waals surface area (Å²) in [5.74, 6) is -1.77. The van der Waals surface area contributed by atoms with E-state index in [0.717, 1.165) is 31.7 Å². The molecular formula is C17H25N3O3. The summed E-state index contributed by atoms with van der Waals surface area (Å²) in [6.07, 6.45) is 0.0223. The van der Waals surface area contributed by atoms with Crippen LogP contribution in [0.3, 0.4) is 0 Å². The van der Waals surface area contributed by atoms with Gasteiger partial charge in [-0.3, -0.25) is 14.5 Å². The third-order valence-electron chi connectivity index (χ3n) is 4.19. The SMILES string of the molecule is CN1CCN(C[C@H](CC(=O)NCc2ccccc2)C(=O)O)CC1. The highest BCUT2D eigenvalue weighted by Crippen LogP contribution is 2.10. The predicted molar refractivity (Wildman–Crippen MR) is 88.0 cm³/mol. The molecule has 1 aromatic rings. The van der Waals surface area contributed by atoms with Gasteiger partial charge in [-0.15, -0.1) is 0 Å². The minimum atomic E-state index is -0.904. The van der Waals surface area contributed by atoms with E-state index in [1.807, 2.05) is 30.3 Å². The van der Waals surface area contributed by atoms with Gasteiger partial charge in [0.25, 0.3) is 0 Å². The van der Waals surface area contributed by atoms with E-state index in [4.69, 9.17) is 0 Å². The lowest BCUT2D eigenvalue weighted by Gasteiger charge is -2.33. The van der Waals surface area contributed by atoms with Gasteiger partial charge in [0.2, 0.25) is 5.91 Å². The van der Waals surface area contributed by atoms with Crippen LogP contribution in [0.25, 0.3) is 0 Å². The van der Waals surface area contributed by atoms with Crippen molar-refractivity contribution in [1.29, 1.82) is 0 Å². The molecule has 1 fully saturated rings. The van der Waals surface area contributed by atoms with Crippen molar-refractivity contribution >= 4 is 11.9 Å². The smallest absolute Gasteiger partial charge is 0.308 e. The first kappa shape index (κ1) is 17.4. The fourth-order valence-electron chi connectivity index (χ4n) is 2.66. The monoisotopic (exact) mass is 319 g/mol. The second-order valence-electron chi connectivity index (χ2n) is 6.11. The topological polar surface area (TPSA) is 72.9 Å². The largest absolute Gasteiger partial charge is 0.481 e. The van der Waals surface area contributed by atoms with Crippen molar-refractivity contribution in [3.05, 3.63) is 35.9 Å². The molecule has 0 aromatic heterocycles. The highest BCUT2D eigenvalue weighted by atomic mass is 16.4. The summed E-state index contributed by atoms with van der Waals surface area (Å²) in [6, 6.07) is 9.60. The summed E-state index contributed by atoms with van der Waals surface area (Å²) in [5, 5.41) is 12.2. The van der Waals surface area contributed by atoms with Crippen molar-refractivity contribution in [3.63, 3.8) is 0 Å². The van der Waals surface area contributed by atoms with Crippen LogP contribution in [0, 0.1) is 5.92 Å². The van der Waals surface area contributed by atoms with E-state index < -0.39 is 11.9 Å². The first-order valence-corrected chi connectivity index (χ1v) is 7.99. The fraction of sp³-hybridized carbons (Fsp3) is 0.529. The average Bonchev–Trinajstić information content (AvgIpc) is 2.55. The number of carbonyl (C=O) groups is 2. The Balaban J connectivity index is 1.79. The Morgan fingerprint density at radius 2 is 1.83 bits per heavy atom. The maximum absolute atomic E-state index is 12.0. The number of benzene rings is 1. The molecule has 0 radical (unpaired) electrons. The van der Waals surface area contributed by atoms with Crippen molar-refractivity contribution in [2.24, 2.45) is 5.92 Å². The first-order chi connectivity index (χ1) is 11.0. The number of nitrogens with one attached hydrogen (secondary N) is 1. The maximum atomic E-state index is 12.0. The number of carboxylic acids is 1. The zero-order chi connectivity index (χ0) is 16.7. The van der Waals surface area contributed by atoms with Crippen LogP contribution < -0.4 is 5.32 Å². The molecule has 6 heteroatoms. The Morgan fingerprint density at radius 1 is 1.17 bits per heavy atom. The van der Waals surface area contributed by atoms with Gasteiger partial charge in [-0.25, -0.2) is 0 Å². The Hall–Kier alpha value is -1.92. The zero-order valence-electron chi connectivity index (χ0n) is 13.6. The molecule has 0 bridgehead atoms. The average molecular weight is 319 g/mol. The number of rotatable bonds is 7. The lowest BCUT2D eigenvalue weighted by molar-refractivity contribution is -0.145. The van der Waals surface area contributed by atoms with Crippen LogP contribution in [-0.2, 0) is 16.1 Å². The van der Waals surface area contributed by atoms with Crippen LogP contribution in [-0.4, -0.2) is 66.6 Å². The standard InChI is InChI=1S/C17H25N3O3/c1-19-7-9-20(10-8-19)13-15(17(22)23)11-16(21)18-12-14-5-3-2-4-6-14/h2-6,15H,7-13H2,1H3,(H,18,21)(H,22,23)/t15-/m0/s1. The van der Waals surface area contributed by atoms with Gasteiger partial charge in [0.1, 0.15) is 0 Å². The molecule has 1 saturated heterocycles. The second-order valence-corrected chi connectivity index (χ2v) is 6.11. The number of carbonyl (C=O) groups excluding carboxylic acids is 1. The number of likely N-dealkylation sites (N-methyl/N-ethyl adjacent to an activating group) is 1. The fourth-order valence-corrected chi connectivity index (χ4v) is 2.66. The van der Waals surface area contributed by atoms with Gasteiger partial charge in [0.15, 0.2) is 0 Å². The number of piperazine rings is 1. The molecule has 23 heavy (non-hydrogen) atoms. The summed E-state index contributed by atoms with van der Waals surface area (Å²) >= 11 is 0. The predicted octanol–water partition coefficient (Wildman–Crippen LogP) is 0.641. The van der Waals surface area contributed by atoms with Gasteiger partial charge in [-0.1, -0.05) is 30.3 Å². The molecule has 2 rings (SSSR count). The molecule has 0 spiro atoms. The maximum Gasteiger partial charge on any atom is 0.308 e. The van der Waals surface area contributed by atoms with Crippen LogP contribution in [0.15, 0.2) is 30.3 Å². The van der Waals surface area contributed by atoms with E-state index in [2.05, 4.69) is 22.2 Å². The highest BCUT2D eigenvalue weighted by Gasteiger charge is 2.25. The van der Waals surface area contributed by atoms with Crippen molar-refractivity contribution in [3.8, 4) is 0 Å². The molecule has 6 nitrogen and oxygen atoms in total. The molecular weight excluding hydrogens is 294 g/mol. The summed E-state index contributed by atoms with van der Waals surface area (Å²) < 4.78 is 0. The zero-order valence-corrected chi connectivity index (χ0v) is 13.6. The lowest BCUT2D eigenvalue weighted by atomic mass is 10.0. The number of nitrogens with zero attached hydrogens (tertiary/aromatic N) is 2. The molecule has 1 aliphatic rings. The van der Waals surface area contributed by atoms with E-state index in [1.165, 1.54) is 0 Å². The summed E-state index contributed by atoms with van der Waals surface area (Å²) in [4.78, 5) is 27.8. The quantitative estimate of drug-likeness (QED) is 0.772. The van der Waals surface area contributed by atoms with Crippen molar-refractivity contribution in [2.45, 2.75) is 13.0 Å². The van der Waals surface area contributed by atoms with Crippen molar-refractivity contribution < 1.29 is 14.7 Å². The number of aliphatic carboxylic acids is 1. The van der Waals surface area contributed by atoms with Gasteiger partial charge in [-0.2, -0.15) is 0 Å². The Morgan fingerprint density at radius 3 is 2.43 bits per heavy atom. The number of hydrogen-bond donors (Lipinski definition) is 2. The van der Waals surface area contributed by atoms with Gasteiger partial charge < -0.3 is 15.3 Å². The summed E-state index contributed by atoms with van der Waals surface area (Å²) in [6.45, 7) is 4.44. The molecule has 0 saturated carbocycles. The van der Waals surface area contributed by atoms with Crippen LogP contribution in [0.1, 0.15) is 12.0 Å². The highest BCUT2D eigenvalue weighted by molar-refractivity contribution is 5.82. The minimum absolute atomic E-state index is 0.0223. The van der Waals surface area contributed by atoms with Gasteiger partial charge in [0.05, 0.1) is 5.92 Å². The normalized spacial score (nSPS) is 17.6. The Kier molecular flexibility index (Phi) is 6.55. The molecule has 1 amide bonds. The second kappa shape index (κ2) is 8.64. The third-order valence-corrected chi connectivity index (χ3v) is 4.19. The molecule has 1 atom stereocenters. The third kappa shape index (κ3) is 6.00. The molecule has 2 N–H and O–H groups in total. The van der Waals surface area contributed by atoms with E-state index in [9.17, 15) is 14.7 Å². The van der Waals surface area contributed by atoms with Gasteiger partial charge in [0, 0.05) is 45.7 Å². The van der Waals surface area contributed by atoms with Crippen LogP contribution >= 0.6 is 0 Å². The number of amides is 1. The van der Waals surface area contributed by atoms with E-state index in [0.29, 0.717) is 13.1 Å². The summed E-state index contributed by atoms with van der Waals surface area (Å²) in [7, 11) is 2.06. The Bertz CT molecular complexity index is 513. The van der Waals surface area contributed by atoms with Crippen LogP contribution in [0.5, 0.6) is 0 Å². The molecule has 1 aromatic carbocycles. The van der Waals surface area contributed by atoms with E-state index in [-0.39, 0.29) is 12.3 Å². The number of carboxylic acid groups (broad SMARTS) is 1. The van der Waals surface area contributed by atoms with Crippen LogP contribution in [0.2, 0.25) is 0 Å². The van der Waals surface area contributed by atoms with Crippen molar-refractivity contribution in [2.75, 3.05) is 39.8 Å². The van der Waals surface area contributed by atoms with E-state index >= 15 is 0 Å². The molecule has 0 unspecified atom stereocenters. The minimum Gasteiger partial charge on any atom is -0.481 e. The molecule has 0 aliphatic carbocycles. The van der Waals surface area contributed by atoms with Crippen molar-refractivity contribution in [1.82, 2.24) is 15.1 Å². The first-order valence-electron chi connectivity index (χ1n) is 7.99. The molecule has 1 aliphatic heterocycles. The molecule has 126 valence electrons. The molecule has 1 heterocycles.